The Balaban J connectivity index is 1.93. The van der Waals surface area contributed by atoms with Crippen LogP contribution in [0.3, 0.4) is 0 Å². The molecule has 0 saturated carbocycles. The Bertz CT molecular complexity index is 556. The summed E-state index contributed by atoms with van der Waals surface area (Å²) in [5, 5.41) is 11.6. The summed E-state index contributed by atoms with van der Waals surface area (Å²) in [6.45, 7) is 2.96. The summed E-state index contributed by atoms with van der Waals surface area (Å²) in [5.74, 6) is -1.36. The number of carbonyl (C=O) groups is 3. The summed E-state index contributed by atoms with van der Waals surface area (Å²) in [7, 11) is 0. The predicted molar refractivity (Wildman–Crippen MR) is 73.9 cm³/mol. The van der Waals surface area contributed by atoms with Crippen LogP contribution in [0, 0.1) is 0 Å². The third-order valence-corrected chi connectivity index (χ3v) is 3.42. The zero-order chi connectivity index (χ0) is 15.4. The van der Waals surface area contributed by atoms with Gasteiger partial charge in [0.15, 0.2) is 0 Å². The fraction of sp³-hybridized carbons (Fsp3) is 0.429. The molecule has 21 heavy (non-hydrogen) atoms. The van der Waals surface area contributed by atoms with Gasteiger partial charge in [0.2, 0.25) is 5.91 Å². The van der Waals surface area contributed by atoms with Crippen LogP contribution in [-0.4, -0.2) is 51.9 Å². The van der Waals surface area contributed by atoms with Crippen molar-refractivity contribution >= 4 is 17.8 Å². The van der Waals surface area contributed by atoms with E-state index in [2.05, 4.69) is 10.3 Å². The third-order valence-electron chi connectivity index (χ3n) is 3.42. The molecule has 7 heteroatoms. The van der Waals surface area contributed by atoms with Crippen molar-refractivity contribution in [3.05, 3.63) is 29.6 Å². The minimum atomic E-state index is -1.08. The second kappa shape index (κ2) is 6.34. The van der Waals surface area contributed by atoms with Crippen LogP contribution in [0.15, 0.2) is 18.3 Å². The summed E-state index contributed by atoms with van der Waals surface area (Å²) in [6.07, 6.45) is 2.32. The van der Waals surface area contributed by atoms with Crippen molar-refractivity contribution < 1.29 is 19.5 Å². The number of likely N-dealkylation sites (tertiary alicyclic amines) is 1. The zero-order valence-corrected chi connectivity index (χ0v) is 11.7. The summed E-state index contributed by atoms with van der Waals surface area (Å²) < 4.78 is 0. The molecule has 1 aromatic rings. The topological polar surface area (TPSA) is 99.6 Å². The van der Waals surface area contributed by atoms with Gasteiger partial charge in [-0.05, 0) is 18.6 Å². The second-order valence-electron chi connectivity index (χ2n) is 4.89. The number of nitrogens with one attached hydrogen (secondary N) is 1. The number of aromatic carboxylic acids is 1. The summed E-state index contributed by atoms with van der Waals surface area (Å²) >= 11 is 0. The highest BCUT2D eigenvalue weighted by atomic mass is 16.4. The maximum Gasteiger partial charge on any atom is 0.337 e. The van der Waals surface area contributed by atoms with E-state index in [4.69, 9.17) is 5.11 Å². The molecule has 7 nitrogen and oxygen atoms in total. The Morgan fingerprint density at radius 2 is 2.19 bits per heavy atom. The monoisotopic (exact) mass is 291 g/mol. The third kappa shape index (κ3) is 3.56. The van der Waals surface area contributed by atoms with Gasteiger partial charge in [-0.3, -0.25) is 14.6 Å². The van der Waals surface area contributed by atoms with Crippen molar-refractivity contribution in [3.63, 3.8) is 0 Å². The SMILES string of the molecule is CCC(=O)N1CCC(NC(=O)c2ccc(C(=O)O)cn2)C1. The Morgan fingerprint density at radius 3 is 2.76 bits per heavy atom. The number of carbonyl (C=O) groups excluding carboxylic acids is 2. The molecule has 0 bridgehead atoms. The zero-order valence-electron chi connectivity index (χ0n) is 11.7. The molecule has 2 heterocycles. The van der Waals surface area contributed by atoms with Crippen LogP contribution in [-0.2, 0) is 4.79 Å². The van der Waals surface area contributed by atoms with E-state index in [1.165, 1.54) is 12.1 Å². The minimum absolute atomic E-state index is 0.0344. The standard InChI is InChI=1S/C14H17N3O4/c1-2-12(18)17-6-5-10(8-17)16-13(19)11-4-3-9(7-15-11)14(20)21/h3-4,7,10H,2,5-6,8H2,1H3,(H,16,19)(H,20,21). The Hall–Kier alpha value is -2.44. The molecule has 0 aromatic carbocycles. The van der Waals surface area contributed by atoms with Gasteiger partial charge in [0.05, 0.1) is 5.56 Å². The van der Waals surface area contributed by atoms with Crippen LogP contribution >= 0.6 is 0 Å². The molecule has 1 fully saturated rings. The lowest BCUT2D eigenvalue weighted by molar-refractivity contribution is -0.129. The molecule has 1 aromatic heterocycles. The Morgan fingerprint density at radius 1 is 1.43 bits per heavy atom. The van der Waals surface area contributed by atoms with E-state index < -0.39 is 5.97 Å². The molecule has 1 unspecified atom stereocenters. The molecule has 1 aliphatic heterocycles. The van der Waals surface area contributed by atoms with Crippen molar-refractivity contribution in [2.45, 2.75) is 25.8 Å². The van der Waals surface area contributed by atoms with Crippen molar-refractivity contribution in [1.29, 1.82) is 0 Å². The molecular weight excluding hydrogens is 274 g/mol. The van der Waals surface area contributed by atoms with Crippen LogP contribution in [0.4, 0.5) is 0 Å². The summed E-state index contributed by atoms with van der Waals surface area (Å²) in [5.41, 5.74) is 0.201. The van der Waals surface area contributed by atoms with Crippen molar-refractivity contribution in [2.24, 2.45) is 0 Å². The van der Waals surface area contributed by atoms with Crippen LogP contribution in [0.1, 0.15) is 40.6 Å². The van der Waals surface area contributed by atoms with E-state index >= 15 is 0 Å². The number of rotatable bonds is 4. The number of pyridine rings is 1. The average Bonchev–Trinajstić information content (AvgIpc) is 2.95. The van der Waals surface area contributed by atoms with E-state index in [0.717, 1.165) is 6.20 Å². The van der Waals surface area contributed by atoms with Gasteiger partial charge in [-0.15, -0.1) is 0 Å². The van der Waals surface area contributed by atoms with E-state index in [1.54, 1.807) is 4.90 Å². The molecule has 2 N–H and O–H groups in total. The highest BCUT2D eigenvalue weighted by molar-refractivity contribution is 5.94. The number of carboxylic acids is 1. The molecule has 112 valence electrons. The van der Waals surface area contributed by atoms with Gasteiger partial charge >= 0.3 is 5.97 Å². The lowest BCUT2D eigenvalue weighted by atomic mass is 10.2. The molecule has 1 aliphatic rings. The molecule has 0 radical (unpaired) electrons. The van der Waals surface area contributed by atoms with Crippen molar-refractivity contribution in [2.75, 3.05) is 13.1 Å². The van der Waals surface area contributed by atoms with Crippen LogP contribution < -0.4 is 5.32 Å². The fourth-order valence-electron chi connectivity index (χ4n) is 2.24. The average molecular weight is 291 g/mol. The highest BCUT2D eigenvalue weighted by Gasteiger charge is 2.26. The predicted octanol–water partition coefficient (Wildman–Crippen LogP) is 0.520. The Labute approximate surface area is 122 Å². The number of nitrogens with zero attached hydrogens (tertiary/aromatic N) is 2. The van der Waals surface area contributed by atoms with Crippen LogP contribution in [0.5, 0.6) is 0 Å². The van der Waals surface area contributed by atoms with Crippen molar-refractivity contribution in [3.8, 4) is 0 Å². The van der Waals surface area contributed by atoms with Gasteiger partial charge in [-0.25, -0.2) is 4.79 Å². The molecular formula is C14H17N3O4. The first kappa shape index (κ1) is 15.0. The molecule has 1 atom stereocenters. The van der Waals surface area contributed by atoms with Crippen LogP contribution in [0.2, 0.25) is 0 Å². The number of aromatic nitrogens is 1. The maximum absolute atomic E-state index is 12.0. The Kier molecular flexibility index (Phi) is 4.52. The molecule has 2 amide bonds. The quantitative estimate of drug-likeness (QED) is 0.842. The van der Waals surface area contributed by atoms with E-state index in [-0.39, 0.29) is 29.1 Å². The van der Waals surface area contributed by atoms with Gasteiger partial charge in [0, 0.05) is 31.7 Å². The van der Waals surface area contributed by atoms with Gasteiger partial charge in [0.25, 0.3) is 5.91 Å². The molecule has 0 spiro atoms. The molecule has 1 saturated heterocycles. The molecule has 2 rings (SSSR count). The first-order valence-electron chi connectivity index (χ1n) is 6.79. The number of carboxylic acid groups (broad SMARTS) is 1. The number of hydrogen-bond donors (Lipinski definition) is 2. The van der Waals surface area contributed by atoms with Crippen LogP contribution in [0.25, 0.3) is 0 Å². The molecule has 0 aliphatic carbocycles. The smallest absolute Gasteiger partial charge is 0.337 e. The second-order valence-corrected chi connectivity index (χ2v) is 4.89. The summed E-state index contributed by atoms with van der Waals surface area (Å²) in [4.78, 5) is 39.8. The maximum atomic E-state index is 12.0. The van der Waals surface area contributed by atoms with Gasteiger partial charge < -0.3 is 15.3 Å². The normalized spacial score (nSPS) is 17.6. The van der Waals surface area contributed by atoms with E-state index in [0.29, 0.717) is 25.9 Å². The van der Waals surface area contributed by atoms with E-state index in [1.807, 2.05) is 6.92 Å². The van der Waals surface area contributed by atoms with Gasteiger partial charge in [-0.1, -0.05) is 6.92 Å². The summed E-state index contributed by atoms with van der Waals surface area (Å²) in [6, 6.07) is 2.63. The number of hydrogen-bond acceptors (Lipinski definition) is 4. The van der Waals surface area contributed by atoms with E-state index in [9.17, 15) is 14.4 Å². The largest absolute Gasteiger partial charge is 0.478 e. The lowest BCUT2D eigenvalue weighted by Crippen LogP contribution is -2.38. The lowest BCUT2D eigenvalue weighted by Gasteiger charge is -2.16. The number of amides is 2. The highest BCUT2D eigenvalue weighted by Crippen LogP contribution is 2.11. The van der Waals surface area contributed by atoms with Gasteiger partial charge in [0.1, 0.15) is 5.69 Å². The van der Waals surface area contributed by atoms with Crippen molar-refractivity contribution in [1.82, 2.24) is 15.2 Å². The fourth-order valence-corrected chi connectivity index (χ4v) is 2.24. The van der Waals surface area contributed by atoms with Gasteiger partial charge in [-0.2, -0.15) is 0 Å². The first-order chi connectivity index (χ1) is 10.0. The first-order valence-corrected chi connectivity index (χ1v) is 6.79. The minimum Gasteiger partial charge on any atom is -0.478 e.